The number of carbonyl (C=O) groups excluding carboxylic acids is 1. The molecule has 0 saturated heterocycles. The molecule has 1 heterocycles. The first-order valence-electron chi connectivity index (χ1n) is 9.07. The fourth-order valence-electron chi connectivity index (χ4n) is 2.95. The maximum absolute atomic E-state index is 12.4. The highest BCUT2D eigenvalue weighted by molar-refractivity contribution is 6.30. The van der Waals surface area contributed by atoms with Crippen LogP contribution >= 0.6 is 11.6 Å². The number of hydrogen-bond acceptors (Lipinski definition) is 4. The van der Waals surface area contributed by atoms with Gasteiger partial charge in [0.05, 0.1) is 12.0 Å². The number of carbonyl (C=O) groups is 2. The van der Waals surface area contributed by atoms with Crippen LogP contribution in [0.3, 0.4) is 0 Å². The maximum Gasteiger partial charge on any atom is 0.305 e. The summed E-state index contributed by atoms with van der Waals surface area (Å²) in [7, 11) is 0. The molecule has 148 valence electrons. The molecular formula is C22H20ClN3O3. The molecule has 0 aliphatic carbocycles. The lowest BCUT2D eigenvalue weighted by atomic mass is 9.99. The van der Waals surface area contributed by atoms with Crippen LogP contribution in [-0.2, 0) is 11.2 Å². The molecule has 0 radical (unpaired) electrons. The predicted molar refractivity (Wildman–Crippen MR) is 111 cm³/mol. The number of nitrogens with zero attached hydrogens (tertiary/aromatic N) is 2. The third kappa shape index (κ3) is 5.86. The van der Waals surface area contributed by atoms with Crippen molar-refractivity contribution in [1.29, 1.82) is 0 Å². The van der Waals surface area contributed by atoms with Crippen molar-refractivity contribution in [2.24, 2.45) is 0 Å². The predicted octanol–water partition coefficient (Wildman–Crippen LogP) is 3.92. The number of hydrogen-bond donors (Lipinski definition) is 2. The Morgan fingerprint density at radius 3 is 2.38 bits per heavy atom. The van der Waals surface area contributed by atoms with Gasteiger partial charge in [-0.15, -0.1) is 0 Å². The summed E-state index contributed by atoms with van der Waals surface area (Å²) < 4.78 is 0. The van der Waals surface area contributed by atoms with Gasteiger partial charge >= 0.3 is 5.97 Å². The van der Waals surface area contributed by atoms with Gasteiger partial charge in [-0.3, -0.25) is 9.59 Å². The van der Waals surface area contributed by atoms with E-state index in [4.69, 9.17) is 11.6 Å². The van der Waals surface area contributed by atoms with E-state index in [2.05, 4.69) is 15.3 Å². The number of aryl methyl sites for hydroxylation is 1. The number of aromatic nitrogens is 2. The van der Waals surface area contributed by atoms with Crippen molar-refractivity contribution in [2.75, 3.05) is 0 Å². The molecule has 29 heavy (non-hydrogen) atoms. The van der Waals surface area contributed by atoms with Crippen molar-refractivity contribution in [3.05, 3.63) is 82.9 Å². The number of halogens is 1. The van der Waals surface area contributed by atoms with E-state index in [9.17, 15) is 14.7 Å². The molecule has 3 rings (SSSR count). The fraction of sp³-hybridized carbons (Fsp3) is 0.182. The Kier molecular flexibility index (Phi) is 6.57. The molecule has 1 unspecified atom stereocenters. The summed E-state index contributed by atoms with van der Waals surface area (Å²) >= 11 is 6.05. The highest BCUT2D eigenvalue weighted by Gasteiger charge is 2.18. The highest BCUT2D eigenvalue weighted by Crippen LogP contribution is 2.23. The molecule has 3 aromatic rings. The first-order chi connectivity index (χ1) is 13.9. The number of carboxylic acid groups (broad SMARTS) is 1. The molecule has 0 saturated carbocycles. The first kappa shape index (κ1) is 20.5. The van der Waals surface area contributed by atoms with E-state index in [1.807, 2.05) is 48.5 Å². The van der Waals surface area contributed by atoms with Crippen molar-refractivity contribution >= 4 is 23.5 Å². The van der Waals surface area contributed by atoms with Gasteiger partial charge in [0.1, 0.15) is 5.82 Å². The van der Waals surface area contributed by atoms with Crippen LogP contribution in [0.15, 0.2) is 60.9 Å². The second-order valence-electron chi connectivity index (χ2n) is 6.70. The SMILES string of the molecule is Cc1ncc(C(=O)NC(CC(=O)O)Cc2ccc(-c3cccc(Cl)c3)cc2)cn1. The first-order valence-corrected chi connectivity index (χ1v) is 9.44. The van der Waals surface area contributed by atoms with Gasteiger partial charge in [-0.25, -0.2) is 9.97 Å². The summed E-state index contributed by atoms with van der Waals surface area (Å²) in [6.07, 6.45) is 3.06. The highest BCUT2D eigenvalue weighted by atomic mass is 35.5. The van der Waals surface area contributed by atoms with E-state index in [1.54, 1.807) is 6.92 Å². The van der Waals surface area contributed by atoms with E-state index in [1.165, 1.54) is 12.4 Å². The van der Waals surface area contributed by atoms with Crippen molar-refractivity contribution in [1.82, 2.24) is 15.3 Å². The summed E-state index contributed by atoms with van der Waals surface area (Å²) in [5.41, 5.74) is 3.22. The molecule has 1 atom stereocenters. The zero-order chi connectivity index (χ0) is 20.8. The Hall–Kier alpha value is -3.25. The summed E-state index contributed by atoms with van der Waals surface area (Å²) in [5.74, 6) is -0.818. The average molecular weight is 410 g/mol. The van der Waals surface area contributed by atoms with Crippen molar-refractivity contribution in [3.8, 4) is 11.1 Å². The Morgan fingerprint density at radius 2 is 1.76 bits per heavy atom. The van der Waals surface area contributed by atoms with Gasteiger partial charge in [-0.1, -0.05) is 48.0 Å². The monoisotopic (exact) mass is 409 g/mol. The molecule has 1 aromatic heterocycles. The number of rotatable bonds is 7. The van der Waals surface area contributed by atoms with Crippen LogP contribution in [0.1, 0.15) is 28.2 Å². The van der Waals surface area contributed by atoms with Crippen LogP contribution in [0.25, 0.3) is 11.1 Å². The maximum atomic E-state index is 12.4. The number of amides is 1. The van der Waals surface area contributed by atoms with Gasteiger partial charge in [0.15, 0.2) is 0 Å². The third-order valence-corrected chi connectivity index (χ3v) is 4.63. The molecular weight excluding hydrogens is 390 g/mol. The Balaban J connectivity index is 1.71. The van der Waals surface area contributed by atoms with E-state index in [-0.39, 0.29) is 6.42 Å². The fourth-order valence-corrected chi connectivity index (χ4v) is 3.14. The lowest BCUT2D eigenvalue weighted by molar-refractivity contribution is -0.137. The quantitative estimate of drug-likeness (QED) is 0.617. The lowest BCUT2D eigenvalue weighted by Gasteiger charge is -2.17. The average Bonchev–Trinajstić information content (AvgIpc) is 2.68. The van der Waals surface area contributed by atoms with E-state index in [0.29, 0.717) is 22.8 Å². The topological polar surface area (TPSA) is 92.2 Å². The Labute approximate surface area is 173 Å². The van der Waals surface area contributed by atoms with E-state index in [0.717, 1.165) is 16.7 Å². The van der Waals surface area contributed by atoms with Crippen LogP contribution < -0.4 is 5.32 Å². The molecule has 6 nitrogen and oxygen atoms in total. The van der Waals surface area contributed by atoms with Gasteiger partial charge in [0, 0.05) is 23.5 Å². The zero-order valence-corrected chi connectivity index (χ0v) is 16.6. The van der Waals surface area contributed by atoms with Crippen molar-refractivity contribution < 1.29 is 14.7 Å². The number of carboxylic acids is 1. The standard InChI is InChI=1S/C22H20ClN3O3/c1-14-24-12-18(13-25-14)22(29)26-20(11-21(27)28)9-15-5-7-16(8-6-15)17-3-2-4-19(23)10-17/h2-8,10,12-13,20H,9,11H2,1H3,(H,26,29)(H,27,28). The second kappa shape index (κ2) is 9.30. The Morgan fingerprint density at radius 1 is 1.07 bits per heavy atom. The van der Waals surface area contributed by atoms with Crippen LogP contribution in [0.5, 0.6) is 0 Å². The smallest absolute Gasteiger partial charge is 0.305 e. The molecule has 1 amide bonds. The third-order valence-electron chi connectivity index (χ3n) is 4.39. The molecule has 0 fully saturated rings. The van der Waals surface area contributed by atoms with Gasteiger partial charge < -0.3 is 10.4 Å². The van der Waals surface area contributed by atoms with E-state index < -0.39 is 17.9 Å². The molecule has 2 N–H and O–H groups in total. The molecule has 2 aromatic carbocycles. The number of nitrogens with one attached hydrogen (secondary N) is 1. The normalized spacial score (nSPS) is 11.7. The summed E-state index contributed by atoms with van der Waals surface area (Å²) in [5, 5.41) is 12.6. The number of benzene rings is 2. The van der Waals surface area contributed by atoms with Crippen LogP contribution in [0, 0.1) is 6.92 Å². The minimum atomic E-state index is -0.981. The Bertz CT molecular complexity index is 1000. The summed E-state index contributed by atoms with van der Waals surface area (Å²) in [6, 6.07) is 14.8. The lowest BCUT2D eigenvalue weighted by Crippen LogP contribution is -2.38. The van der Waals surface area contributed by atoms with Gasteiger partial charge in [-0.2, -0.15) is 0 Å². The van der Waals surface area contributed by atoms with Crippen molar-refractivity contribution in [3.63, 3.8) is 0 Å². The van der Waals surface area contributed by atoms with Crippen molar-refractivity contribution in [2.45, 2.75) is 25.8 Å². The summed E-state index contributed by atoms with van der Waals surface area (Å²) in [4.78, 5) is 31.7. The minimum Gasteiger partial charge on any atom is -0.481 e. The van der Waals surface area contributed by atoms with Crippen LogP contribution in [0.2, 0.25) is 5.02 Å². The minimum absolute atomic E-state index is 0.186. The van der Waals surface area contributed by atoms with Crippen LogP contribution in [0.4, 0.5) is 0 Å². The van der Waals surface area contributed by atoms with Gasteiger partial charge in [0.2, 0.25) is 0 Å². The van der Waals surface area contributed by atoms with Gasteiger partial charge in [-0.05, 0) is 42.2 Å². The molecule has 7 heteroatoms. The number of aliphatic carboxylic acids is 1. The molecule has 0 aliphatic heterocycles. The second-order valence-corrected chi connectivity index (χ2v) is 7.14. The molecule has 0 bridgehead atoms. The zero-order valence-electron chi connectivity index (χ0n) is 15.8. The largest absolute Gasteiger partial charge is 0.481 e. The van der Waals surface area contributed by atoms with Gasteiger partial charge in [0.25, 0.3) is 5.91 Å². The van der Waals surface area contributed by atoms with Crippen LogP contribution in [-0.4, -0.2) is 33.0 Å². The molecule has 0 aliphatic rings. The molecule has 0 spiro atoms. The van der Waals surface area contributed by atoms with E-state index >= 15 is 0 Å². The summed E-state index contributed by atoms with van der Waals surface area (Å²) in [6.45, 7) is 1.72.